The van der Waals surface area contributed by atoms with Gasteiger partial charge in [0.05, 0.1) is 48.1 Å². The molecule has 484 valence electrons. The second-order valence-electron chi connectivity index (χ2n) is 22.0. The number of hydrogen-bond donors (Lipinski definition) is 14. The number of hydrogen-bond acceptors (Lipinski definition) is 20. The molecule has 1 aromatic heterocycles. The molecule has 0 spiro atoms. The molecule has 3 aliphatic rings. The highest BCUT2D eigenvalue weighted by molar-refractivity contribution is 7.18. The van der Waals surface area contributed by atoms with E-state index in [4.69, 9.17) is 15.2 Å². The highest BCUT2D eigenvalue weighted by Crippen LogP contribution is 2.34. The number of phenolic OH excluding ortho intramolecular Hbond substituents is 1. The number of thiazole rings is 1. The summed E-state index contributed by atoms with van der Waals surface area (Å²) in [6.45, 7) is 4.33. The van der Waals surface area contributed by atoms with Gasteiger partial charge in [-0.05, 0) is 93.0 Å². The number of benzene rings is 3. The number of aromatic hydroxyl groups is 1. The number of aromatic nitrogens is 1. The van der Waals surface area contributed by atoms with E-state index >= 15 is 0 Å². The molecular formula is C59H82Cl2N10O16S. The van der Waals surface area contributed by atoms with Crippen molar-refractivity contribution in [2.24, 2.45) is 11.7 Å². The van der Waals surface area contributed by atoms with Gasteiger partial charge in [-0.2, -0.15) is 0 Å². The first-order valence-corrected chi connectivity index (χ1v) is 29.7. The van der Waals surface area contributed by atoms with Crippen molar-refractivity contribution >= 4 is 77.5 Å². The zero-order valence-electron chi connectivity index (χ0n) is 49.3. The molecule has 15 N–H and O–H groups in total. The predicted octanol–water partition coefficient (Wildman–Crippen LogP) is -0.509. The summed E-state index contributed by atoms with van der Waals surface area (Å²) in [6, 6.07) is 7.19. The summed E-state index contributed by atoms with van der Waals surface area (Å²) < 4.78 is 11.5. The SMILES string of the molecule is CCCCCOc1ccc(-c2ncc(-c3ccc(C(=O)N[C@H]4C[C@@H](O)CNC(=O)[C@@H]5[C@@H](O)[C@@H](C)CN5C(=O)[C@H]([C@H](O)CCN)NC(=O)[C@H]([C@H](O)Cc5ccc(O)c(OCCNC)c5)NC(=O)[C@@H]5C[C@@H](O)CN5C(=O)[C@H]([C@@H](C)O)NC4=O)cc3)s2)cc1.Cl.Cl. The number of aliphatic hydroxyl groups is 6. The quantitative estimate of drug-likeness (QED) is 0.0496. The van der Waals surface area contributed by atoms with E-state index in [1.165, 1.54) is 41.7 Å². The van der Waals surface area contributed by atoms with Crippen molar-refractivity contribution in [1.82, 2.24) is 46.7 Å². The maximum absolute atomic E-state index is 14.7. The maximum atomic E-state index is 14.7. The number of nitrogens with two attached hydrogens (primary N) is 1. The molecule has 0 bridgehead atoms. The van der Waals surface area contributed by atoms with Crippen molar-refractivity contribution in [3.05, 3.63) is 84.1 Å². The number of β-amino-alcohol motifs (C(OH)–C–C–N with tert-alkyl or cyclic N) is 1. The Morgan fingerprint density at radius 3 is 2.12 bits per heavy atom. The van der Waals surface area contributed by atoms with Gasteiger partial charge in [-0.3, -0.25) is 33.6 Å². The van der Waals surface area contributed by atoms with Crippen LogP contribution in [0.5, 0.6) is 17.2 Å². The lowest BCUT2D eigenvalue weighted by molar-refractivity contribution is -0.147. The first-order chi connectivity index (χ1) is 41.1. The highest BCUT2D eigenvalue weighted by Gasteiger charge is 2.50. The largest absolute Gasteiger partial charge is 0.504 e. The molecule has 0 radical (unpaired) electrons. The van der Waals surface area contributed by atoms with Crippen LogP contribution in [0.3, 0.4) is 0 Å². The van der Waals surface area contributed by atoms with Crippen LogP contribution < -0.4 is 47.1 Å². The van der Waals surface area contributed by atoms with Crippen LogP contribution in [0.15, 0.2) is 72.9 Å². The third-order valence-corrected chi connectivity index (χ3v) is 16.4. The molecule has 3 fully saturated rings. The van der Waals surface area contributed by atoms with Crippen molar-refractivity contribution in [3.8, 4) is 38.3 Å². The average molecular weight is 1290 g/mol. The molecular weight excluding hydrogens is 1210 g/mol. The number of halogens is 2. The van der Waals surface area contributed by atoms with E-state index in [2.05, 4.69) is 43.8 Å². The van der Waals surface area contributed by atoms with Gasteiger partial charge < -0.3 is 92.7 Å². The second-order valence-corrected chi connectivity index (χ2v) is 23.0. The van der Waals surface area contributed by atoms with Gasteiger partial charge in [-0.1, -0.05) is 44.9 Å². The van der Waals surface area contributed by atoms with Crippen molar-refractivity contribution in [3.63, 3.8) is 0 Å². The number of aliphatic hydroxyl groups excluding tert-OH is 6. The Balaban J connectivity index is 0.00000705. The molecule has 29 heteroatoms. The first-order valence-electron chi connectivity index (χ1n) is 28.9. The van der Waals surface area contributed by atoms with Crippen LogP contribution in [0.25, 0.3) is 21.0 Å². The van der Waals surface area contributed by atoms with Crippen molar-refractivity contribution in [2.45, 2.75) is 139 Å². The topological polar surface area (TPSA) is 397 Å². The third kappa shape index (κ3) is 18.4. The fourth-order valence-electron chi connectivity index (χ4n) is 10.5. The van der Waals surface area contributed by atoms with Crippen LogP contribution in [0.4, 0.5) is 0 Å². The van der Waals surface area contributed by atoms with Gasteiger partial charge in [0.2, 0.25) is 35.4 Å². The van der Waals surface area contributed by atoms with Gasteiger partial charge in [-0.15, -0.1) is 36.2 Å². The van der Waals surface area contributed by atoms with Crippen LogP contribution in [0.1, 0.15) is 75.2 Å². The van der Waals surface area contributed by atoms with E-state index in [1.807, 2.05) is 24.3 Å². The minimum Gasteiger partial charge on any atom is -0.504 e. The molecule has 0 unspecified atom stereocenters. The van der Waals surface area contributed by atoms with E-state index < -0.39 is 152 Å². The normalized spacial score (nSPS) is 25.0. The number of nitrogens with zero attached hydrogens (tertiary/aromatic N) is 3. The fraction of sp³-hybridized carbons (Fsp3) is 0.525. The van der Waals surface area contributed by atoms with E-state index in [-0.39, 0.29) is 73.6 Å². The molecule has 4 heterocycles. The molecule has 0 saturated carbocycles. The molecule has 26 nitrogen and oxygen atoms in total. The number of ether oxygens (including phenoxy) is 2. The lowest BCUT2D eigenvalue weighted by atomic mass is 9.98. The highest BCUT2D eigenvalue weighted by atomic mass is 35.5. The standard InChI is InChI=1S/C59H80N10O16S.2ClH/c1-5-6-7-21-84-39-15-13-36(14-16-39)57-63-28-46(86-57)34-9-11-35(12-10-34)52(77)64-40-25-37(71)27-62-56(81)50-51(76)31(2)29-69(50)59(83)49(43(74)18-19-60)67-55(80)48(44(75)23-33-8-17-42(73)45(24-33)85-22-20-61-4)66-54(79)41-26-38(72)30-68(41)58(82)47(32(3)70)65-53(40)78;;/h8-17,24,28,31-32,37-38,40-41,43-44,47-51,61,70-76H,5-7,18-23,25-27,29-30,60H2,1-4H3,(H,62,81)(H,64,77)(H,65,78)(H,66,79)(H,67,80);2*1H/t31-,32+,37+,38+,40-,41-,43+,44+,47-,48-,49-,50-,51-;;/m0../s1. The van der Waals surface area contributed by atoms with Crippen LogP contribution in [-0.2, 0) is 35.2 Å². The Morgan fingerprint density at radius 2 is 1.45 bits per heavy atom. The molecule has 3 aromatic carbocycles. The van der Waals surface area contributed by atoms with Crippen molar-refractivity contribution in [2.75, 3.05) is 53.0 Å². The maximum Gasteiger partial charge on any atom is 0.251 e. The Hall–Kier alpha value is -6.76. The van der Waals surface area contributed by atoms with E-state index in [1.54, 1.807) is 32.3 Å². The van der Waals surface area contributed by atoms with Gasteiger partial charge in [0.1, 0.15) is 53.6 Å². The number of nitrogens with one attached hydrogen (secondary N) is 6. The Labute approximate surface area is 526 Å². The monoisotopic (exact) mass is 1290 g/mol. The molecule has 13 atom stereocenters. The van der Waals surface area contributed by atoms with E-state index in [0.717, 1.165) is 57.2 Å². The summed E-state index contributed by atoms with van der Waals surface area (Å²) >= 11 is 1.42. The van der Waals surface area contributed by atoms with Gasteiger partial charge in [-0.25, -0.2) is 4.98 Å². The van der Waals surface area contributed by atoms with Crippen molar-refractivity contribution < 1.29 is 78.8 Å². The summed E-state index contributed by atoms with van der Waals surface area (Å²) in [5, 5.41) is 95.1. The molecule has 4 aromatic rings. The molecule has 0 aliphatic carbocycles. The summed E-state index contributed by atoms with van der Waals surface area (Å²) in [5.41, 5.74) is 7.75. The molecule has 88 heavy (non-hydrogen) atoms. The molecule has 3 saturated heterocycles. The number of rotatable bonds is 20. The Kier molecular flexibility index (Phi) is 27.6. The van der Waals surface area contributed by atoms with Crippen LogP contribution >= 0.6 is 36.2 Å². The summed E-state index contributed by atoms with van der Waals surface area (Å²) in [7, 11) is 1.69. The fourth-order valence-corrected chi connectivity index (χ4v) is 11.4. The van der Waals surface area contributed by atoms with Crippen molar-refractivity contribution in [1.29, 1.82) is 0 Å². The molecule has 7 amide bonds. The number of likely N-dealkylation sites (N-methyl/N-ethyl adjacent to an activating group) is 1. The van der Waals surface area contributed by atoms with Gasteiger partial charge in [0.15, 0.2) is 11.5 Å². The first kappa shape index (κ1) is 72.0. The number of amides is 7. The van der Waals surface area contributed by atoms with Gasteiger partial charge in [0.25, 0.3) is 5.91 Å². The minimum atomic E-state index is -2.03. The summed E-state index contributed by atoms with van der Waals surface area (Å²) in [6.07, 6.45) is -6.90. The lowest BCUT2D eigenvalue weighted by Crippen LogP contribution is -2.64. The van der Waals surface area contributed by atoms with Crippen LogP contribution in [0.2, 0.25) is 0 Å². The Morgan fingerprint density at radius 1 is 0.784 bits per heavy atom. The predicted molar refractivity (Wildman–Crippen MR) is 329 cm³/mol. The molecule has 7 rings (SSSR count). The number of carbonyl (C=O) groups is 7. The van der Waals surface area contributed by atoms with E-state index in [9.17, 15) is 69.3 Å². The van der Waals surface area contributed by atoms with Crippen LogP contribution in [0, 0.1) is 5.92 Å². The number of carbonyl (C=O) groups excluding carboxylic acids is 7. The number of phenols is 1. The van der Waals surface area contributed by atoms with Gasteiger partial charge in [0, 0.05) is 68.7 Å². The number of unbranched alkanes of at least 4 members (excludes halogenated alkanes) is 2. The van der Waals surface area contributed by atoms with E-state index in [0.29, 0.717) is 18.7 Å². The van der Waals surface area contributed by atoms with Gasteiger partial charge >= 0.3 is 0 Å². The second kappa shape index (κ2) is 33.7. The smallest absolute Gasteiger partial charge is 0.251 e. The number of fused-ring (bicyclic) bond motifs is 2. The summed E-state index contributed by atoms with van der Waals surface area (Å²) in [4.78, 5) is 108. The minimum absolute atomic E-state index is 0. The molecule has 3 aliphatic heterocycles. The lowest BCUT2D eigenvalue weighted by Gasteiger charge is -2.34. The zero-order chi connectivity index (χ0) is 62.4. The zero-order valence-corrected chi connectivity index (χ0v) is 51.7. The van der Waals surface area contributed by atoms with Crippen LogP contribution in [-0.4, -0.2) is 218 Å². The average Bonchev–Trinajstić information content (AvgIpc) is 3.72. The third-order valence-electron chi connectivity index (χ3n) is 15.3. The summed E-state index contributed by atoms with van der Waals surface area (Å²) in [5.74, 6) is -7.71. The Bertz CT molecular complexity index is 2990.